The summed E-state index contributed by atoms with van der Waals surface area (Å²) in [6.07, 6.45) is 7.90. The van der Waals surface area contributed by atoms with E-state index in [4.69, 9.17) is 0 Å². The Morgan fingerprint density at radius 1 is 1.42 bits per heavy atom. The number of nitrogens with zero attached hydrogens (tertiary/aromatic N) is 4. The van der Waals surface area contributed by atoms with Crippen molar-refractivity contribution >= 4 is 18.9 Å². The molecule has 0 aliphatic rings. The third-order valence-electron chi connectivity index (χ3n) is 1.06. The van der Waals surface area contributed by atoms with Crippen molar-refractivity contribution in [2.75, 3.05) is 7.05 Å². The molecule has 1 aromatic rings. The summed E-state index contributed by atoms with van der Waals surface area (Å²) in [5, 5.41) is 6.42. The first-order chi connectivity index (χ1) is 5.93. The van der Waals surface area contributed by atoms with Crippen molar-refractivity contribution in [3.05, 3.63) is 18.0 Å². The van der Waals surface area contributed by atoms with Gasteiger partial charge in [0.25, 0.3) is 0 Å². The SMILES string of the molecule is C\N=C/N=C\N=C\c1cn[nH]c1. The Kier molecular flexibility index (Phi) is 3.43. The van der Waals surface area contributed by atoms with Gasteiger partial charge in [0.1, 0.15) is 12.7 Å². The van der Waals surface area contributed by atoms with Gasteiger partial charge in [-0.2, -0.15) is 5.10 Å². The Labute approximate surface area is 70.0 Å². The second-order valence-electron chi connectivity index (χ2n) is 1.95. The van der Waals surface area contributed by atoms with Gasteiger partial charge < -0.3 is 0 Å². The van der Waals surface area contributed by atoms with Gasteiger partial charge in [0.05, 0.1) is 6.20 Å². The second-order valence-corrected chi connectivity index (χ2v) is 1.95. The van der Waals surface area contributed by atoms with Crippen LogP contribution in [0.2, 0.25) is 0 Å². The molecule has 0 fully saturated rings. The van der Waals surface area contributed by atoms with E-state index in [0.717, 1.165) is 5.56 Å². The lowest BCUT2D eigenvalue weighted by molar-refractivity contribution is 1.09. The minimum atomic E-state index is 0.912. The fourth-order valence-electron chi connectivity index (χ4n) is 0.586. The fourth-order valence-corrected chi connectivity index (χ4v) is 0.586. The van der Waals surface area contributed by atoms with E-state index in [0.29, 0.717) is 0 Å². The molecule has 0 unspecified atom stereocenters. The van der Waals surface area contributed by atoms with Gasteiger partial charge in [-0.05, 0) is 0 Å². The van der Waals surface area contributed by atoms with Crippen LogP contribution >= 0.6 is 0 Å². The third kappa shape index (κ3) is 2.87. The summed E-state index contributed by atoms with van der Waals surface area (Å²) in [5.74, 6) is 0. The van der Waals surface area contributed by atoms with Crippen LogP contribution < -0.4 is 0 Å². The van der Waals surface area contributed by atoms with Gasteiger partial charge in [-0.3, -0.25) is 10.1 Å². The highest BCUT2D eigenvalue weighted by atomic mass is 15.1. The standard InChI is InChI=1S/C7H9N5/c1-8-5-10-6-9-2-7-3-11-12-4-7/h2-6H,1H3,(H,11,12)/b8-5-,9-2+,10-6-. The number of rotatable bonds is 3. The number of hydrogen-bond donors (Lipinski definition) is 1. The zero-order valence-corrected chi connectivity index (χ0v) is 6.68. The van der Waals surface area contributed by atoms with Crippen molar-refractivity contribution in [1.29, 1.82) is 0 Å². The quantitative estimate of drug-likeness (QED) is 0.512. The van der Waals surface area contributed by atoms with E-state index in [2.05, 4.69) is 25.2 Å². The van der Waals surface area contributed by atoms with Crippen molar-refractivity contribution in [3.63, 3.8) is 0 Å². The van der Waals surface area contributed by atoms with Crippen molar-refractivity contribution < 1.29 is 0 Å². The van der Waals surface area contributed by atoms with Crippen LogP contribution in [-0.2, 0) is 0 Å². The molecule has 0 aliphatic heterocycles. The molecule has 0 radical (unpaired) electrons. The number of aromatic amines is 1. The highest BCUT2D eigenvalue weighted by molar-refractivity contribution is 5.86. The van der Waals surface area contributed by atoms with Gasteiger partial charge in [-0.25, -0.2) is 9.98 Å². The number of aromatic nitrogens is 2. The fraction of sp³-hybridized carbons (Fsp3) is 0.143. The van der Waals surface area contributed by atoms with Gasteiger partial charge in [-0.1, -0.05) is 0 Å². The predicted molar refractivity (Wildman–Crippen MR) is 49.1 cm³/mol. The van der Waals surface area contributed by atoms with E-state index in [9.17, 15) is 0 Å². The molecule has 1 aromatic heterocycles. The van der Waals surface area contributed by atoms with Gasteiger partial charge in [0, 0.05) is 25.0 Å². The molecule has 5 heteroatoms. The summed E-state index contributed by atoms with van der Waals surface area (Å²) in [5.41, 5.74) is 0.912. The smallest absolute Gasteiger partial charge is 0.117 e. The average molecular weight is 163 g/mol. The molecular formula is C7H9N5. The van der Waals surface area contributed by atoms with Crippen LogP contribution in [0, 0.1) is 0 Å². The van der Waals surface area contributed by atoms with Gasteiger partial charge in [0.2, 0.25) is 0 Å². The molecule has 0 bridgehead atoms. The van der Waals surface area contributed by atoms with Crippen LogP contribution in [0.3, 0.4) is 0 Å². The molecule has 0 atom stereocenters. The Morgan fingerprint density at radius 3 is 3.00 bits per heavy atom. The summed E-state index contributed by atoms with van der Waals surface area (Å²) < 4.78 is 0. The molecule has 5 nitrogen and oxygen atoms in total. The van der Waals surface area contributed by atoms with Crippen LogP contribution in [0.25, 0.3) is 0 Å². The normalized spacial score (nSPS) is 12.4. The van der Waals surface area contributed by atoms with Crippen molar-refractivity contribution in [2.24, 2.45) is 15.0 Å². The Morgan fingerprint density at radius 2 is 2.33 bits per heavy atom. The summed E-state index contributed by atoms with van der Waals surface area (Å²) in [4.78, 5) is 11.3. The molecule has 0 saturated carbocycles. The second kappa shape index (κ2) is 4.95. The highest BCUT2D eigenvalue weighted by Crippen LogP contribution is 1.85. The van der Waals surface area contributed by atoms with Crippen molar-refractivity contribution in [1.82, 2.24) is 10.2 Å². The maximum atomic E-state index is 3.88. The summed E-state index contributed by atoms with van der Waals surface area (Å²) in [7, 11) is 1.65. The Bertz CT molecular complexity index is 283. The predicted octanol–water partition coefficient (Wildman–Crippen LogP) is 0.515. The van der Waals surface area contributed by atoms with Gasteiger partial charge in [-0.15, -0.1) is 0 Å². The van der Waals surface area contributed by atoms with E-state index >= 15 is 0 Å². The summed E-state index contributed by atoms with van der Waals surface area (Å²) in [6.45, 7) is 0. The van der Waals surface area contributed by atoms with Crippen LogP contribution in [0.1, 0.15) is 5.56 Å². The molecule has 0 aliphatic carbocycles. The Hall–Kier alpha value is -1.78. The van der Waals surface area contributed by atoms with E-state index in [-0.39, 0.29) is 0 Å². The molecular weight excluding hydrogens is 154 g/mol. The maximum Gasteiger partial charge on any atom is 0.117 e. The monoisotopic (exact) mass is 163 g/mol. The molecule has 0 spiro atoms. The average Bonchev–Trinajstić information content (AvgIpc) is 2.57. The van der Waals surface area contributed by atoms with Crippen LogP contribution in [0.15, 0.2) is 27.4 Å². The molecule has 12 heavy (non-hydrogen) atoms. The minimum Gasteiger partial charge on any atom is -0.285 e. The third-order valence-corrected chi connectivity index (χ3v) is 1.06. The lowest BCUT2D eigenvalue weighted by atomic mass is 10.4. The molecule has 1 heterocycles. The zero-order chi connectivity index (χ0) is 8.65. The Balaban J connectivity index is 2.41. The first-order valence-electron chi connectivity index (χ1n) is 3.37. The number of H-pyrrole nitrogens is 1. The highest BCUT2D eigenvalue weighted by Gasteiger charge is 1.83. The molecule has 0 amide bonds. The topological polar surface area (TPSA) is 65.8 Å². The van der Waals surface area contributed by atoms with Gasteiger partial charge >= 0.3 is 0 Å². The zero-order valence-electron chi connectivity index (χ0n) is 6.68. The van der Waals surface area contributed by atoms with Crippen molar-refractivity contribution in [2.45, 2.75) is 0 Å². The molecule has 0 saturated heterocycles. The number of aliphatic imine (C=N–C) groups is 3. The summed E-state index contributed by atoms with van der Waals surface area (Å²) >= 11 is 0. The molecule has 62 valence electrons. The largest absolute Gasteiger partial charge is 0.285 e. The van der Waals surface area contributed by atoms with E-state index in [1.807, 2.05) is 0 Å². The van der Waals surface area contributed by atoms with E-state index in [1.165, 1.54) is 12.7 Å². The summed E-state index contributed by atoms with van der Waals surface area (Å²) in [6, 6.07) is 0. The van der Waals surface area contributed by atoms with Gasteiger partial charge in [0.15, 0.2) is 0 Å². The maximum absolute atomic E-state index is 3.88. The number of nitrogens with one attached hydrogen (secondary N) is 1. The van der Waals surface area contributed by atoms with Crippen LogP contribution in [0.4, 0.5) is 0 Å². The lowest BCUT2D eigenvalue weighted by Gasteiger charge is -1.76. The van der Waals surface area contributed by atoms with E-state index in [1.54, 1.807) is 25.7 Å². The van der Waals surface area contributed by atoms with Crippen LogP contribution in [0.5, 0.6) is 0 Å². The lowest BCUT2D eigenvalue weighted by Crippen LogP contribution is -1.75. The first kappa shape index (κ1) is 8.32. The van der Waals surface area contributed by atoms with Crippen LogP contribution in [-0.4, -0.2) is 36.1 Å². The first-order valence-corrected chi connectivity index (χ1v) is 3.37. The van der Waals surface area contributed by atoms with E-state index < -0.39 is 0 Å². The van der Waals surface area contributed by atoms with Crippen molar-refractivity contribution in [3.8, 4) is 0 Å². The number of hydrogen-bond acceptors (Lipinski definition) is 2. The minimum absolute atomic E-state index is 0.912. The molecule has 1 rings (SSSR count). The molecule has 0 aromatic carbocycles. The molecule has 1 N–H and O–H groups in total.